The highest BCUT2D eigenvalue weighted by Crippen LogP contribution is 2.36. The molecule has 0 aromatic carbocycles. The van der Waals surface area contributed by atoms with Crippen LogP contribution in [0.5, 0.6) is 0 Å². The van der Waals surface area contributed by atoms with Crippen LogP contribution in [0.25, 0.3) is 0 Å². The van der Waals surface area contributed by atoms with Crippen molar-refractivity contribution in [1.29, 1.82) is 0 Å². The van der Waals surface area contributed by atoms with Crippen molar-refractivity contribution < 1.29 is 54.7 Å². The van der Waals surface area contributed by atoms with E-state index in [1.807, 2.05) is 0 Å². The summed E-state index contributed by atoms with van der Waals surface area (Å²) in [6.45, 7) is 1.80. The molecule has 0 aromatic rings. The Bertz CT molecular complexity index is 461. The molecule has 9 atom stereocenters. The summed E-state index contributed by atoms with van der Waals surface area (Å²) in [6.07, 6.45) is -10.9. The first kappa shape index (κ1) is 21.6. The van der Waals surface area contributed by atoms with Gasteiger partial charge in [0.05, 0.1) is 19.8 Å². The molecule has 2 aliphatic rings. The lowest BCUT2D eigenvalue weighted by Gasteiger charge is -2.43. The summed E-state index contributed by atoms with van der Waals surface area (Å²) in [4.78, 5) is 0. The van der Waals surface area contributed by atoms with Gasteiger partial charge in [-0.05, 0) is 0 Å². The average Bonchev–Trinajstić information content (AvgIpc) is 2.87. The van der Waals surface area contributed by atoms with Crippen molar-refractivity contribution in [3.63, 3.8) is 0 Å². The van der Waals surface area contributed by atoms with Crippen LogP contribution in [0, 0.1) is 0 Å². The first-order chi connectivity index (χ1) is 12.3. The third-order valence-electron chi connectivity index (χ3n) is 4.39. The molecule has 0 aliphatic carbocycles. The van der Waals surface area contributed by atoms with Gasteiger partial charge >= 0.3 is 0 Å². The minimum absolute atomic E-state index is 0.0513. The van der Waals surface area contributed by atoms with E-state index in [-0.39, 0.29) is 6.61 Å². The first-order valence-corrected chi connectivity index (χ1v) is 8.13. The van der Waals surface area contributed by atoms with Gasteiger partial charge in [-0.1, -0.05) is 6.08 Å². The maximum absolute atomic E-state index is 10.4. The molecule has 2 aliphatic heterocycles. The van der Waals surface area contributed by atoms with Crippen LogP contribution in [0.3, 0.4) is 0 Å². The molecular weight excluding hydrogens is 356 g/mol. The zero-order valence-corrected chi connectivity index (χ0v) is 14.0. The van der Waals surface area contributed by atoms with Crippen molar-refractivity contribution in [2.75, 3.05) is 26.4 Å². The van der Waals surface area contributed by atoms with Gasteiger partial charge in [0.25, 0.3) is 0 Å². The van der Waals surface area contributed by atoms with Gasteiger partial charge in [0.15, 0.2) is 6.29 Å². The van der Waals surface area contributed by atoms with Gasteiger partial charge in [-0.15, -0.1) is 6.58 Å². The van der Waals surface area contributed by atoms with Gasteiger partial charge in [0.2, 0.25) is 5.79 Å². The van der Waals surface area contributed by atoms with Gasteiger partial charge in [0, 0.05) is 0 Å². The van der Waals surface area contributed by atoms with E-state index in [0.717, 1.165) is 0 Å². The van der Waals surface area contributed by atoms with E-state index in [1.165, 1.54) is 6.08 Å². The van der Waals surface area contributed by atoms with Crippen molar-refractivity contribution in [2.45, 2.75) is 54.8 Å². The molecule has 152 valence electrons. The normalized spacial score (nSPS) is 46.4. The number of hydrogen-bond donors (Lipinski definition) is 7. The Morgan fingerprint density at radius 2 is 1.58 bits per heavy atom. The largest absolute Gasteiger partial charge is 0.394 e. The Morgan fingerprint density at radius 3 is 2.12 bits per heavy atom. The fraction of sp³-hybridized carbons (Fsp3) is 0.867. The molecule has 7 N–H and O–H groups in total. The zero-order chi connectivity index (χ0) is 19.5. The molecule has 2 rings (SSSR count). The Balaban J connectivity index is 2.22. The molecule has 0 radical (unpaired) electrons. The number of hydrogen-bond acceptors (Lipinski definition) is 11. The Kier molecular flexibility index (Phi) is 7.47. The Hall–Kier alpha value is -0.700. The third-order valence-corrected chi connectivity index (χ3v) is 4.39. The summed E-state index contributed by atoms with van der Waals surface area (Å²) >= 11 is 0. The summed E-state index contributed by atoms with van der Waals surface area (Å²) in [5.41, 5.74) is 0. The van der Waals surface area contributed by atoms with E-state index < -0.39 is 74.6 Å². The lowest BCUT2D eigenvalue weighted by atomic mass is 9.99. The molecule has 11 nitrogen and oxygen atoms in total. The molecule has 0 bridgehead atoms. The molecule has 0 spiro atoms. The zero-order valence-electron chi connectivity index (χ0n) is 14.0. The summed E-state index contributed by atoms with van der Waals surface area (Å²) in [5, 5.41) is 68.6. The smallest absolute Gasteiger partial charge is 0.224 e. The SMILES string of the molecule is C=CCOCC1(OC2OC(CO)C(O)C(O)C2O)OC(CO)C(O)C1O. The van der Waals surface area contributed by atoms with E-state index in [1.54, 1.807) is 0 Å². The predicted octanol–water partition coefficient (Wildman–Crippen LogP) is -4.19. The molecule has 0 saturated carbocycles. The molecular formula is C15H26O11. The van der Waals surface area contributed by atoms with E-state index in [4.69, 9.17) is 18.9 Å². The number of ether oxygens (including phenoxy) is 4. The van der Waals surface area contributed by atoms with E-state index in [0.29, 0.717) is 0 Å². The van der Waals surface area contributed by atoms with Gasteiger partial charge in [0.1, 0.15) is 49.3 Å². The minimum Gasteiger partial charge on any atom is -0.394 e. The molecule has 2 saturated heterocycles. The first-order valence-electron chi connectivity index (χ1n) is 8.13. The van der Waals surface area contributed by atoms with Crippen LogP contribution in [0.2, 0.25) is 0 Å². The van der Waals surface area contributed by atoms with Gasteiger partial charge in [-0.3, -0.25) is 0 Å². The van der Waals surface area contributed by atoms with Crippen LogP contribution in [0.1, 0.15) is 0 Å². The highest BCUT2D eigenvalue weighted by atomic mass is 16.8. The highest BCUT2D eigenvalue weighted by Gasteiger charge is 2.58. The van der Waals surface area contributed by atoms with Crippen molar-refractivity contribution in [3.05, 3.63) is 12.7 Å². The van der Waals surface area contributed by atoms with Crippen molar-refractivity contribution in [1.82, 2.24) is 0 Å². The second-order valence-corrected chi connectivity index (χ2v) is 6.21. The Morgan fingerprint density at radius 1 is 0.923 bits per heavy atom. The van der Waals surface area contributed by atoms with Crippen LogP contribution in [0.4, 0.5) is 0 Å². The molecule has 26 heavy (non-hydrogen) atoms. The maximum atomic E-state index is 10.4. The summed E-state index contributed by atoms with van der Waals surface area (Å²) in [5.74, 6) is -2.04. The van der Waals surface area contributed by atoms with Crippen LogP contribution >= 0.6 is 0 Å². The number of rotatable bonds is 8. The quantitative estimate of drug-likeness (QED) is 0.160. The number of aliphatic hydroxyl groups is 7. The molecule has 2 heterocycles. The molecule has 11 heteroatoms. The second kappa shape index (κ2) is 8.99. The lowest BCUT2D eigenvalue weighted by molar-refractivity contribution is -0.385. The summed E-state index contributed by atoms with van der Waals surface area (Å²) < 4.78 is 21.4. The van der Waals surface area contributed by atoms with Crippen LogP contribution < -0.4 is 0 Å². The fourth-order valence-electron chi connectivity index (χ4n) is 2.90. The third kappa shape index (κ3) is 4.08. The molecule has 0 amide bonds. The lowest BCUT2D eigenvalue weighted by Crippen LogP contribution is -2.62. The topological polar surface area (TPSA) is 179 Å². The predicted molar refractivity (Wildman–Crippen MR) is 82.6 cm³/mol. The highest BCUT2D eigenvalue weighted by molar-refractivity contribution is 4.99. The fourth-order valence-corrected chi connectivity index (χ4v) is 2.90. The van der Waals surface area contributed by atoms with Crippen molar-refractivity contribution >= 4 is 0 Å². The molecule has 9 unspecified atom stereocenters. The van der Waals surface area contributed by atoms with Crippen LogP contribution in [-0.4, -0.2) is 117 Å². The minimum atomic E-state index is -2.04. The Labute approximate surface area is 149 Å². The van der Waals surface area contributed by atoms with Gasteiger partial charge in [-0.25, -0.2) is 0 Å². The van der Waals surface area contributed by atoms with Gasteiger partial charge < -0.3 is 54.7 Å². The van der Waals surface area contributed by atoms with Gasteiger partial charge in [-0.2, -0.15) is 0 Å². The van der Waals surface area contributed by atoms with Crippen molar-refractivity contribution in [2.24, 2.45) is 0 Å². The second-order valence-electron chi connectivity index (χ2n) is 6.21. The molecule has 2 fully saturated rings. The van der Waals surface area contributed by atoms with E-state index in [9.17, 15) is 35.7 Å². The maximum Gasteiger partial charge on any atom is 0.224 e. The summed E-state index contributed by atoms with van der Waals surface area (Å²) in [7, 11) is 0. The van der Waals surface area contributed by atoms with Crippen LogP contribution in [-0.2, 0) is 18.9 Å². The number of aliphatic hydroxyl groups excluding tert-OH is 7. The summed E-state index contributed by atoms with van der Waals surface area (Å²) in [6, 6.07) is 0. The van der Waals surface area contributed by atoms with E-state index in [2.05, 4.69) is 6.58 Å². The monoisotopic (exact) mass is 382 g/mol. The van der Waals surface area contributed by atoms with Crippen LogP contribution in [0.15, 0.2) is 12.7 Å². The average molecular weight is 382 g/mol. The van der Waals surface area contributed by atoms with E-state index >= 15 is 0 Å². The van der Waals surface area contributed by atoms with Crippen molar-refractivity contribution in [3.8, 4) is 0 Å². The standard InChI is InChI=1S/C15H26O11/c1-2-3-23-6-15(13(22)10(19)8(5-17)25-15)26-14-12(21)11(20)9(18)7(4-16)24-14/h2,7-14,16-22H,1,3-6H2. The molecule has 0 aromatic heterocycles.